The molecule has 0 aromatic rings. The number of rotatable bonds is 31. The van der Waals surface area contributed by atoms with E-state index in [1.165, 1.54) is 0 Å². The van der Waals surface area contributed by atoms with Crippen molar-refractivity contribution in [2.75, 3.05) is 19.8 Å². The molecule has 1 heterocycles. The molecule has 4 atom stereocenters. The van der Waals surface area contributed by atoms with Crippen molar-refractivity contribution >= 4 is 17.9 Å². The summed E-state index contributed by atoms with van der Waals surface area (Å²) >= 11 is 0. The Kier molecular flexibility index (Phi) is 24.3. The van der Waals surface area contributed by atoms with Crippen LogP contribution >= 0.6 is 0 Å². The summed E-state index contributed by atoms with van der Waals surface area (Å²) in [5.74, 6) is -2.19. The third-order valence-corrected chi connectivity index (χ3v) is 7.93. The molecule has 10 nitrogen and oxygen atoms in total. The highest BCUT2D eigenvalue weighted by Gasteiger charge is 2.46. The highest BCUT2D eigenvalue weighted by Crippen LogP contribution is 2.30. The molecule has 43 heavy (non-hydrogen) atoms. The lowest BCUT2D eigenvalue weighted by molar-refractivity contribution is -0.179. The summed E-state index contributed by atoms with van der Waals surface area (Å²) in [5.41, 5.74) is 0. The second kappa shape index (κ2) is 26.6. The highest BCUT2D eigenvalue weighted by molar-refractivity contribution is 5.67. The number of carbonyl (C=O) groups is 3. The first-order valence-corrected chi connectivity index (χ1v) is 17.0. The number of carboxylic acids is 3. The molecule has 1 aliphatic rings. The predicted octanol–water partition coefficient (Wildman–Crippen LogP) is 7.35. The van der Waals surface area contributed by atoms with Crippen molar-refractivity contribution in [1.82, 2.24) is 0 Å². The fraction of sp³-hybridized carbons (Fsp3) is 0.909. The van der Waals surface area contributed by atoms with Gasteiger partial charge >= 0.3 is 17.9 Å². The van der Waals surface area contributed by atoms with E-state index >= 15 is 0 Å². The summed E-state index contributed by atoms with van der Waals surface area (Å²) in [6, 6.07) is 0. The first-order chi connectivity index (χ1) is 20.8. The van der Waals surface area contributed by atoms with Crippen molar-refractivity contribution in [3.05, 3.63) is 0 Å². The molecule has 0 saturated carbocycles. The van der Waals surface area contributed by atoms with E-state index in [1.54, 1.807) is 0 Å². The summed E-state index contributed by atoms with van der Waals surface area (Å²) in [5, 5.41) is 26.3. The number of hydrogen-bond acceptors (Lipinski definition) is 7. The summed E-state index contributed by atoms with van der Waals surface area (Å²) in [6.07, 6.45) is 17.8. The van der Waals surface area contributed by atoms with Crippen LogP contribution in [0.1, 0.15) is 148 Å². The van der Waals surface area contributed by atoms with Crippen LogP contribution in [0, 0.1) is 0 Å². The van der Waals surface area contributed by atoms with Gasteiger partial charge in [-0.2, -0.15) is 0 Å². The minimum Gasteiger partial charge on any atom is -0.481 e. The van der Waals surface area contributed by atoms with E-state index in [1.807, 2.05) is 0 Å². The van der Waals surface area contributed by atoms with Crippen LogP contribution in [0.25, 0.3) is 0 Å². The minimum absolute atomic E-state index is 0.0884. The third kappa shape index (κ3) is 21.6. The second-order valence-electron chi connectivity index (χ2n) is 11.8. The zero-order valence-corrected chi connectivity index (χ0v) is 26.7. The Labute approximate surface area is 259 Å². The summed E-state index contributed by atoms with van der Waals surface area (Å²) in [6.45, 7) is 3.91. The molecule has 0 amide bonds. The number of aliphatic carboxylic acids is 3. The topological polar surface area (TPSA) is 149 Å². The van der Waals surface area contributed by atoms with E-state index in [0.717, 1.165) is 122 Å². The minimum atomic E-state index is -0.730. The summed E-state index contributed by atoms with van der Waals surface area (Å²) < 4.78 is 25.2. The molecule has 0 aliphatic carbocycles. The molecule has 0 bridgehead atoms. The molecule has 0 aromatic carbocycles. The first-order valence-electron chi connectivity index (χ1n) is 17.0. The molecule has 1 rings (SSSR count). The van der Waals surface area contributed by atoms with Crippen molar-refractivity contribution in [3.63, 3.8) is 0 Å². The van der Waals surface area contributed by atoms with Gasteiger partial charge in [0.1, 0.15) is 12.2 Å². The molecule has 0 radical (unpaired) electrons. The average molecular weight is 617 g/mol. The Balaban J connectivity index is 2.43. The molecule has 252 valence electrons. The van der Waals surface area contributed by atoms with Gasteiger partial charge in [0.25, 0.3) is 0 Å². The SMILES string of the molecule is CC[C@H]1O[C@@H](OCCCCCCCCC(=O)O)C(OCCCCCCCCC(=O)O)[C@H]1OCCCCCCCCC(=O)O. The van der Waals surface area contributed by atoms with Gasteiger partial charge in [-0.1, -0.05) is 84.0 Å². The van der Waals surface area contributed by atoms with Crippen molar-refractivity contribution < 1.29 is 48.7 Å². The average Bonchev–Trinajstić information content (AvgIpc) is 3.30. The number of hydrogen-bond donors (Lipinski definition) is 3. The fourth-order valence-electron chi connectivity index (χ4n) is 5.43. The van der Waals surface area contributed by atoms with Crippen LogP contribution in [0.15, 0.2) is 0 Å². The second-order valence-corrected chi connectivity index (χ2v) is 11.8. The molecule has 10 heteroatoms. The standard InChI is InChI=1S/C33H60O10/c1-2-27-31(40-24-18-12-6-3-9-15-21-28(34)35)32(41-25-19-13-7-4-10-16-22-29(36)37)33(43-27)42-26-20-14-8-5-11-17-23-30(38)39/h27,31-33H,2-26H2,1H3,(H,34,35)(H,36,37)(H,38,39)/t27-,31+,32?,33-/m1/s1. The van der Waals surface area contributed by atoms with Gasteiger partial charge in [-0.25, -0.2) is 0 Å². The van der Waals surface area contributed by atoms with Crippen LogP contribution in [0.2, 0.25) is 0 Å². The lowest BCUT2D eigenvalue weighted by atomic mass is 10.1. The Morgan fingerprint density at radius 1 is 0.488 bits per heavy atom. The van der Waals surface area contributed by atoms with Gasteiger partial charge in [0.05, 0.1) is 6.10 Å². The largest absolute Gasteiger partial charge is 0.481 e. The lowest BCUT2D eigenvalue weighted by Gasteiger charge is -2.25. The molecule has 3 N–H and O–H groups in total. The van der Waals surface area contributed by atoms with Gasteiger partial charge in [-0.3, -0.25) is 14.4 Å². The van der Waals surface area contributed by atoms with Gasteiger partial charge in [-0.15, -0.1) is 0 Å². The van der Waals surface area contributed by atoms with Crippen LogP contribution in [0.3, 0.4) is 0 Å². The smallest absolute Gasteiger partial charge is 0.303 e. The number of ether oxygens (including phenoxy) is 4. The van der Waals surface area contributed by atoms with E-state index in [-0.39, 0.29) is 37.6 Å². The summed E-state index contributed by atoms with van der Waals surface area (Å²) in [4.78, 5) is 31.9. The van der Waals surface area contributed by atoms with Crippen molar-refractivity contribution in [2.45, 2.75) is 173 Å². The van der Waals surface area contributed by atoms with E-state index in [4.69, 9.17) is 34.3 Å². The van der Waals surface area contributed by atoms with Crippen molar-refractivity contribution in [3.8, 4) is 0 Å². The zero-order valence-electron chi connectivity index (χ0n) is 26.7. The monoisotopic (exact) mass is 616 g/mol. The van der Waals surface area contributed by atoms with Crippen LogP contribution in [0.4, 0.5) is 0 Å². The Hall–Kier alpha value is -1.75. The molecule has 1 unspecified atom stereocenters. The van der Waals surface area contributed by atoms with E-state index in [2.05, 4.69) is 6.92 Å². The van der Waals surface area contributed by atoms with Gasteiger partial charge in [-0.05, 0) is 44.9 Å². The molecular weight excluding hydrogens is 556 g/mol. The van der Waals surface area contributed by atoms with E-state index in [0.29, 0.717) is 19.8 Å². The highest BCUT2D eigenvalue weighted by atomic mass is 16.7. The Morgan fingerprint density at radius 3 is 1.19 bits per heavy atom. The van der Waals surface area contributed by atoms with Crippen LogP contribution in [-0.4, -0.2) is 77.7 Å². The lowest BCUT2D eigenvalue weighted by Crippen LogP contribution is -2.39. The summed E-state index contributed by atoms with van der Waals surface area (Å²) in [7, 11) is 0. The van der Waals surface area contributed by atoms with Crippen LogP contribution in [-0.2, 0) is 33.3 Å². The maximum absolute atomic E-state index is 10.6. The van der Waals surface area contributed by atoms with Gasteiger partial charge in [0.2, 0.25) is 0 Å². The zero-order chi connectivity index (χ0) is 31.5. The Morgan fingerprint density at radius 2 is 0.814 bits per heavy atom. The van der Waals surface area contributed by atoms with Gasteiger partial charge in [0.15, 0.2) is 6.29 Å². The number of unbranched alkanes of at least 4 members (excludes halogenated alkanes) is 15. The van der Waals surface area contributed by atoms with Gasteiger partial charge < -0.3 is 34.3 Å². The van der Waals surface area contributed by atoms with E-state index in [9.17, 15) is 14.4 Å². The van der Waals surface area contributed by atoms with Crippen LogP contribution in [0.5, 0.6) is 0 Å². The molecule has 0 spiro atoms. The number of carboxylic acid groups (broad SMARTS) is 3. The normalized spacial score (nSPS) is 20.0. The maximum Gasteiger partial charge on any atom is 0.303 e. The Bertz CT molecular complexity index is 716. The molecule has 0 aromatic heterocycles. The predicted molar refractivity (Wildman–Crippen MR) is 164 cm³/mol. The maximum atomic E-state index is 10.6. The first kappa shape index (κ1) is 39.3. The van der Waals surface area contributed by atoms with Crippen molar-refractivity contribution in [1.29, 1.82) is 0 Å². The molecular formula is C33H60O10. The fourth-order valence-corrected chi connectivity index (χ4v) is 5.43. The van der Waals surface area contributed by atoms with E-state index < -0.39 is 24.2 Å². The molecule has 1 aliphatic heterocycles. The third-order valence-electron chi connectivity index (χ3n) is 7.93. The quantitative estimate of drug-likeness (QED) is 0.0675. The van der Waals surface area contributed by atoms with Crippen molar-refractivity contribution in [2.24, 2.45) is 0 Å². The molecule has 1 saturated heterocycles. The van der Waals surface area contributed by atoms with Gasteiger partial charge in [0, 0.05) is 39.1 Å². The van der Waals surface area contributed by atoms with Crippen LogP contribution < -0.4 is 0 Å². The molecule has 1 fully saturated rings.